The third-order valence-electron chi connectivity index (χ3n) is 3.29. The van der Waals surface area contributed by atoms with Gasteiger partial charge in [0.05, 0.1) is 6.61 Å². The molecule has 3 nitrogen and oxygen atoms in total. The second kappa shape index (κ2) is 9.02. The fraction of sp³-hybridized carbons (Fsp3) is 0.333. The Balaban J connectivity index is 2.15. The van der Waals surface area contributed by atoms with Gasteiger partial charge in [-0.25, -0.2) is 0 Å². The Morgan fingerprint density at radius 3 is 2.30 bits per heavy atom. The SMILES string of the molecule is CCNCc1cc(OCC)c(OCc2ccc(Cl)cc2)cc1Cl. The van der Waals surface area contributed by atoms with E-state index in [-0.39, 0.29) is 0 Å². The predicted molar refractivity (Wildman–Crippen MR) is 95.8 cm³/mol. The van der Waals surface area contributed by atoms with Crippen molar-refractivity contribution in [2.24, 2.45) is 0 Å². The number of ether oxygens (including phenoxy) is 2. The summed E-state index contributed by atoms with van der Waals surface area (Å²) in [5.41, 5.74) is 2.03. The first-order valence-corrected chi connectivity index (χ1v) is 8.42. The normalized spacial score (nSPS) is 10.6. The molecule has 124 valence electrons. The Morgan fingerprint density at radius 2 is 1.65 bits per heavy atom. The number of rotatable bonds is 8. The van der Waals surface area contributed by atoms with Gasteiger partial charge in [-0.3, -0.25) is 0 Å². The average Bonchev–Trinajstić information content (AvgIpc) is 2.55. The maximum Gasteiger partial charge on any atom is 0.163 e. The van der Waals surface area contributed by atoms with Crippen LogP contribution >= 0.6 is 23.2 Å². The fourth-order valence-electron chi connectivity index (χ4n) is 2.10. The van der Waals surface area contributed by atoms with E-state index in [1.807, 2.05) is 43.3 Å². The van der Waals surface area contributed by atoms with Crippen LogP contribution in [0.25, 0.3) is 0 Å². The Labute approximate surface area is 147 Å². The summed E-state index contributed by atoms with van der Waals surface area (Å²) in [5, 5.41) is 4.64. The number of hydrogen-bond acceptors (Lipinski definition) is 3. The summed E-state index contributed by atoms with van der Waals surface area (Å²) < 4.78 is 11.6. The van der Waals surface area contributed by atoms with Crippen LogP contribution in [-0.2, 0) is 13.2 Å². The molecule has 0 saturated heterocycles. The molecule has 2 aromatic rings. The molecule has 0 spiro atoms. The Hall–Kier alpha value is -1.42. The van der Waals surface area contributed by atoms with Crippen molar-refractivity contribution in [2.45, 2.75) is 27.0 Å². The van der Waals surface area contributed by atoms with Crippen LogP contribution in [-0.4, -0.2) is 13.2 Å². The summed E-state index contributed by atoms with van der Waals surface area (Å²) >= 11 is 12.2. The molecule has 0 heterocycles. The van der Waals surface area contributed by atoms with Crippen LogP contribution in [0.2, 0.25) is 10.0 Å². The minimum Gasteiger partial charge on any atom is -0.490 e. The molecule has 0 unspecified atom stereocenters. The molecule has 1 N–H and O–H groups in total. The topological polar surface area (TPSA) is 30.5 Å². The lowest BCUT2D eigenvalue weighted by Gasteiger charge is -2.15. The first-order chi connectivity index (χ1) is 11.1. The van der Waals surface area contributed by atoms with Crippen molar-refractivity contribution in [1.29, 1.82) is 0 Å². The second-order valence-electron chi connectivity index (χ2n) is 5.02. The van der Waals surface area contributed by atoms with Gasteiger partial charge in [0, 0.05) is 22.7 Å². The Bertz CT molecular complexity index is 630. The van der Waals surface area contributed by atoms with Crippen LogP contribution in [0.1, 0.15) is 25.0 Å². The van der Waals surface area contributed by atoms with Gasteiger partial charge in [0.25, 0.3) is 0 Å². The maximum absolute atomic E-state index is 6.35. The maximum atomic E-state index is 6.35. The van der Waals surface area contributed by atoms with Gasteiger partial charge < -0.3 is 14.8 Å². The number of hydrogen-bond donors (Lipinski definition) is 1. The zero-order chi connectivity index (χ0) is 16.7. The number of nitrogens with one attached hydrogen (secondary N) is 1. The molecule has 0 aliphatic heterocycles. The van der Waals surface area contributed by atoms with Crippen LogP contribution in [0.3, 0.4) is 0 Å². The van der Waals surface area contributed by atoms with E-state index in [1.54, 1.807) is 0 Å². The van der Waals surface area contributed by atoms with Gasteiger partial charge >= 0.3 is 0 Å². The number of benzene rings is 2. The molecule has 0 aliphatic carbocycles. The summed E-state index contributed by atoms with van der Waals surface area (Å²) in [6.07, 6.45) is 0. The molecule has 2 rings (SSSR count). The molecule has 0 saturated carbocycles. The van der Waals surface area contributed by atoms with E-state index in [0.717, 1.165) is 17.7 Å². The van der Waals surface area contributed by atoms with Gasteiger partial charge in [-0.15, -0.1) is 0 Å². The average molecular weight is 354 g/mol. The minimum absolute atomic E-state index is 0.431. The van der Waals surface area contributed by atoms with E-state index in [9.17, 15) is 0 Å². The highest BCUT2D eigenvalue weighted by atomic mass is 35.5. The second-order valence-corrected chi connectivity index (χ2v) is 5.86. The zero-order valence-corrected chi connectivity index (χ0v) is 14.9. The predicted octanol–water partition coefficient (Wildman–Crippen LogP) is 5.08. The molecule has 0 amide bonds. The van der Waals surface area contributed by atoms with Gasteiger partial charge in [-0.1, -0.05) is 42.3 Å². The molecular formula is C18H21Cl2NO2. The van der Waals surface area contributed by atoms with Crippen LogP contribution in [0, 0.1) is 0 Å². The van der Waals surface area contributed by atoms with E-state index in [2.05, 4.69) is 12.2 Å². The van der Waals surface area contributed by atoms with Crippen molar-refractivity contribution in [3.63, 3.8) is 0 Å². The lowest BCUT2D eigenvalue weighted by molar-refractivity contribution is 0.269. The van der Waals surface area contributed by atoms with Crippen molar-refractivity contribution in [3.8, 4) is 11.5 Å². The molecule has 5 heteroatoms. The van der Waals surface area contributed by atoms with Gasteiger partial charge in [-0.2, -0.15) is 0 Å². The monoisotopic (exact) mass is 353 g/mol. The van der Waals surface area contributed by atoms with Crippen LogP contribution in [0.5, 0.6) is 11.5 Å². The van der Waals surface area contributed by atoms with E-state index in [0.29, 0.717) is 41.3 Å². The highest BCUT2D eigenvalue weighted by molar-refractivity contribution is 6.31. The molecular weight excluding hydrogens is 333 g/mol. The van der Waals surface area contributed by atoms with Crippen LogP contribution < -0.4 is 14.8 Å². The van der Waals surface area contributed by atoms with Gasteiger partial charge in [0.2, 0.25) is 0 Å². The van der Waals surface area contributed by atoms with E-state index in [4.69, 9.17) is 32.7 Å². The molecule has 0 bridgehead atoms. The molecule has 2 aromatic carbocycles. The molecule has 0 aromatic heterocycles. The lowest BCUT2D eigenvalue weighted by atomic mass is 10.2. The summed E-state index contributed by atoms with van der Waals surface area (Å²) in [6.45, 7) is 6.59. The van der Waals surface area contributed by atoms with Crippen molar-refractivity contribution in [1.82, 2.24) is 5.32 Å². The molecule has 23 heavy (non-hydrogen) atoms. The van der Waals surface area contributed by atoms with E-state index >= 15 is 0 Å². The molecule has 0 aliphatic rings. The van der Waals surface area contributed by atoms with Crippen molar-refractivity contribution < 1.29 is 9.47 Å². The Morgan fingerprint density at radius 1 is 0.957 bits per heavy atom. The number of halogens is 2. The first-order valence-electron chi connectivity index (χ1n) is 7.67. The fourth-order valence-corrected chi connectivity index (χ4v) is 2.44. The quantitative estimate of drug-likeness (QED) is 0.717. The van der Waals surface area contributed by atoms with Crippen LogP contribution in [0.4, 0.5) is 0 Å². The van der Waals surface area contributed by atoms with Crippen molar-refractivity contribution in [2.75, 3.05) is 13.2 Å². The van der Waals surface area contributed by atoms with Crippen molar-refractivity contribution >= 4 is 23.2 Å². The zero-order valence-electron chi connectivity index (χ0n) is 13.4. The van der Waals surface area contributed by atoms with Gasteiger partial charge in [0.15, 0.2) is 11.5 Å². The largest absolute Gasteiger partial charge is 0.490 e. The van der Waals surface area contributed by atoms with E-state index < -0.39 is 0 Å². The molecule has 0 fully saturated rings. The third-order valence-corrected chi connectivity index (χ3v) is 3.89. The van der Waals surface area contributed by atoms with Crippen molar-refractivity contribution in [3.05, 3.63) is 57.6 Å². The highest BCUT2D eigenvalue weighted by Crippen LogP contribution is 2.34. The van der Waals surface area contributed by atoms with Gasteiger partial charge in [-0.05, 0) is 42.8 Å². The van der Waals surface area contributed by atoms with E-state index in [1.165, 1.54) is 0 Å². The first kappa shape index (κ1) is 17.9. The third kappa shape index (κ3) is 5.31. The summed E-state index contributed by atoms with van der Waals surface area (Å²) in [6, 6.07) is 11.3. The smallest absolute Gasteiger partial charge is 0.163 e. The summed E-state index contributed by atoms with van der Waals surface area (Å²) in [7, 11) is 0. The minimum atomic E-state index is 0.431. The summed E-state index contributed by atoms with van der Waals surface area (Å²) in [5.74, 6) is 1.35. The standard InChI is InChI=1S/C18H21Cl2NO2/c1-3-21-11-14-9-17(22-4-2)18(10-16(14)20)23-12-13-5-7-15(19)8-6-13/h5-10,21H,3-4,11-12H2,1-2H3. The molecule has 0 atom stereocenters. The summed E-state index contributed by atoms with van der Waals surface area (Å²) in [4.78, 5) is 0. The lowest BCUT2D eigenvalue weighted by Crippen LogP contribution is -2.12. The van der Waals surface area contributed by atoms with Gasteiger partial charge in [0.1, 0.15) is 6.61 Å². The Kier molecular flexibility index (Phi) is 7.03. The highest BCUT2D eigenvalue weighted by Gasteiger charge is 2.11. The molecule has 0 radical (unpaired) electrons. The van der Waals surface area contributed by atoms with Crippen LogP contribution in [0.15, 0.2) is 36.4 Å².